The highest BCUT2D eigenvalue weighted by Gasteiger charge is 1.96. The van der Waals surface area contributed by atoms with E-state index in [2.05, 4.69) is 10.3 Å². The van der Waals surface area contributed by atoms with Gasteiger partial charge >= 0.3 is 0 Å². The van der Waals surface area contributed by atoms with Crippen LogP contribution in [0.1, 0.15) is 10.4 Å². The van der Waals surface area contributed by atoms with Crippen molar-refractivity contribution < 1.29 is 4.79 Å². The molecule has 1 N–H and O–H groups in total. The number of aldehydes is 1. The molecule has 0 bridgehead atoms. The van der Waals surface area contributed by atoms with E-state index in [1.54, 1.807) is 24.3 Å². The van der Waals surface area contributed by atoms with Crippen LogP contribution in [0.4, 0.5) is 11.5 Å². The highest BCUT2D eigenvalue weighted by molar-refractivity contribution is 6.30. The Balaban J connectivity index is 2.14. The van der Waals surface area contributed by atoms with E-state index in [9.17, 15) is 4.79 Å². The van der Waals surface area contributed by atoms with Crippen LogP contribution in [0.15, 0.2) is 42.6 Å². The molecule has 0 saturated carbocycles. The van der Waals surface area contributed by atoms with Crippen molar-refractivity contribution in [3.05, 3.63) is 53.2 Å². The predicted molar refractivity (Wildman–Crippen MR) is 64.4 cm³/mol. The van der Waals surface area contributed by atoms with E-state index in [4.69, 9.17) is 11.6 Å². The third-order valence-corrected chi connectivity index (χ3v) is 2.29. The monoisotopic (exact) mass is 232 g/mol. The van der Waals surface area contributed by atoms with Crippen molar-refractivity contribution in [2.75, 3.05) is 5.32 Å². The first-order valence-corrected chi connectivity index (χ1v) is 5.09. The summed E-state index contributed by atoms with van der Waals surface area (Å²) in [5.74, 6) is 0.688. The Bertz CT molecular complexity index is 479. The number of pyridine rings is 1. The van der Waals surface area contributed by atoms with Gasteiger partial charge in [-0.1, -0.05) is 11.6 Å². The molecule has 0 fully saturated rings. The molecule has 80 valence electrons. The number of carbonyl (C=O) groups is 1. The number of rotatable bonds is 3. The van der Waals surface area contributed by atoms with E-state index < -0.39 is 0 Å². The molecule has 16 heavy (non-hydrogen) atoms. The molecular formula is C12H9ClN2O. The largest absolute Gasteiger partial charge is 0.340 e. The van der Waals surface area contributed by atoms with E-state index in [1.165, 1.54) is 6.20 Å². The number of hydrogen-bond acceptors (Lipinski definition) is 3. The Morgan fingerprint density at radius 1 is 1.12 bits per heavy atom. The van der Waals surface area contributed by atoms with Gasteiger partial charge in [-0.05, 0) is 36.4 Å². The lowest BCUT2D eigenvalue weighted by atomic mass is 10.3. The fourth-order valence-corrected chi connectivity index (χ4v) is 1.36. The van der Waals surface area contributed by atoms with E-state index in [0.717, 1.165) is 12.0 Å². The SMILES string of the molecule is O=Cc1ccc(Nc2ccc(Cl)cc2)nc1. The topological polar surface area (TPSA) is 42.0 Å². The number of benzene rings is 1. The summed E-state index contributed by atoms with van der Waals surface area (Å²) in [5.41, 5.74) is 1.46. The minimum absolute atomic E-state index is 0.557. The molecule has 2 rings (SSSR count). The molecular weight excluding hydrogens is 224 g/mol. The quantitative estimate of drug-likeness (QED) is 0.826. The van der Waals surface area contributed by atoms with Gasteiger partial charge in [-0.3, -0.25) is 4.79 Å². The van der Waals surface area contributed by atoms with Crippen molar-refractivity contribution in [3.63, 3.8) is 0 Å². The molecule has 3 nitrogen and oxygen atoms in total. The van der Waals surface area contributed by atoms with Gasteiger partial charge in [-0.15, -0.1) is 0 Å². The van der Waals surface area contributed by atoms with E-state index in [1.807, 2.05) is 12.1 Å². The van der Waals surface area contributed by atoms with Crippen molar-refractivity contribution in [2.24, 2.45) is 0 Å². The first-order chi connectivity index (χ1) is 7.78. The van der Waals surface area contributed by atoms with Crippen molar-refractivity contribution >= 4 is 29.4 Å². The third-order valence-electron chi connectivity index (χ3n) is 2.04. The second-order valence-electron chi connectivity index (χ2n) is 3.23. The summed E-state index contributed by atoms with van der Waals surface area (Å²) in [5, 5.41) is 3.79. The minimum atomic E-state index is 0.557. The van der Waals surface area contributed by atoms with Crippen LogP contribution in [-0.4, -0.2) is 11.3 Å². The zero-order valence-corrected chi connectivity index (χ0v) is 9.11. The Morgan fingerprint density at radius 2 is 1.88 bits per heavy atom. The Hall–Kier alpha value is -1.87. The average molecular weight is 233 g/mol. The summed E-state index contributed by atoms with van der Waals surface area (Å²) >= 11 is 5.77. The summed E-state index contributed by atoms with van der Waals surface area (Å²) in [7, 11) is 0. The number of nitrogens with zero attached hydrogens (tertiary/aromatic N) is 1. The van der Waals surface area contributed by atoms with Crippen LogP contribution in [0.3, 0.4) is 0 Å². The molecule has 0 radical (unpaired) electrons. The highest BCUT2D eigenvalue weighted by atomic mass is 35.5. The fraction of sp³-hybridized carbons (Fsp3) is 0. The van der Waals surface area contributed by atoms with Crippen molar-refractivity contribution in [1.29, 1.82) is 0 Å². The summed E-state index contributed by atoms with van der Waals surface area (Å²) in [4.78, 5) is 14.5. The van der Waals surface area contributed by atoms with Crippen molar-refractivity contribution in [2.45, 2.75) is 0 Å². The van der Waals surface area contributed by atoms with E-state index >= 15 is 0 Å². The summed E-state index contributed by atoms with van der Waals surface area (Å²) in [6.45, 7) is 0. The van der Waals surface area contributed by atoms with Gasteiger partial charge in [0, 0.05) is 22.5 Å². The molecule has 0 aliphatic rings. The minimum Gasteiger partial charge on any atom is -0.340 e. The van der Waals surface area contributed by atoms with E-state index in [-0.39, 0.29) is 0 Å². The van der Waals surface area contributed by atoms with Gasteiger partial charge in [0.05, 0.1) is 0 Å². The first kappa shape index (κ1) is 10.6. The first-order valence-electron chi connectivity index (χ1n) is 4.72. The molecule has 0 saturated heterocycles. The zero-order chi connectivity index (χ0) is 11.4. The Morgan fingerprint density at radius 3 is 2.44 bits per heavy atom. The second-order valence-corrected chi connectivity index (χ2v) is 3.66. The molecule has 1 aromatic carbocycles. The predicted octanol–water partition coefficient (Wildman–Crippen LogP) is 3.29. The lowest BCUT2D eigenvalue weighted by Crippen LogP contribution is -1.93. The molecule has 1 heterocycles. The fourth-order valence-electron chi connectivity index (χ4n) is 1.23. The van der Waals surface area contributed by atoms with Crippen LogP contribution >= 0.6 is 11.6 Å². The van der Waals surface area contributed by atoms with Gasteiger partial charge in [0.15, 0.2) is 6.29 Å². The summed E-state index contributed by atoms with van der Waals surface area (Å²) in [6.07, 6.45) is 2.28. The second kappa shape index (κ2) is 4.77. The number of hydrogen-bond donors (Lipinski definition) is 1. The van der Waals surface area contributed by atoms with Crippen LogP contribution < -0.4 is 5.32 Å². The van der Waals surface area contributed by atoms with Crippen molar-refractivity contribution in [3.8, 4) is 0 Å². The van der Waals surface area contributed by atoms with Crippen LogP contribution in [0, 0.1) is 0 Å². The molecule has 0 amide bonds. The highest BCUT2D eigenvalue weighted by Crippen LogP contribution is 2.17. The molecule has 2 aromatic rings. The smallest absolute Gasteiger partial charge is 0.151 e. The number of anilines is 2. The molecule has 0 unspecified atom stereocenters. The molecule has 4 heteroatoms. The Labute approximate surface area is 98.1 Å². The molecule has 0 aliphatic carbocycles. The van der Waals surface area contributed by atoms with Crippen LogP contribution in [0.2, 0.25) is 5.02 Å². The van der Waals surface area contributed by atoms with Crippen LogP contribution in [0.25, 0.3) is 0 Å². The maximum absolute atomic E-state index is 10.4. The van der Waals surface area contributed by atoms with E-state index in [0.29, 0.717) is 16.4 Å². The standard InChI is InChI=1S/C12H9ClN2O/c13-10-2-4-11(5-3-10)15-12-6-1-9(8-16)7-14-12/h1-8H,(H,14,15). The maximum Gasteiger partial charge on any atom is 0.151 e. The van der Waals surface area contributed by atoms with Crippen LogP contribution in [-0.2, 0) is 0 Å². The van der Waals surface area contributed by atoms with Gasteiger partial charge in [-0.2, -0.15) is 0 Å². The molecule has 1 aromatic heterocycles. The number of halogens is 1. The van der Waals surface area contributed by atoms with Crippen molar-refractivity contribution in [1.82, 2.24) is 4.98 Å². The lowest BCUT2D eigenvalue weighted by molar-refractivity contribution is 0.112. The van der Waals surface area contributed by atoms with Gasteiger partial charge in [0.1, 0.15) is 5.82 Å². The third kappa shape index (κ3) is 2.58. The number of nitrogens with one attached hydrogen (secondary N) is 1. The van der Waals surface area contributed by atoms with Crippen LogP contribution in [0.5, 0.6) is 0 Å². The number of carbonyl (C=O) groups excluding carboxylic acids is 1. The Kier molecular flexibility index (Phi) is 3.17. The summed E-state index contributed by atoms with van der Waals surface area (Å²) < 4.78 is 0. The van der Waals surface area contributed by atoms with Gasteiger partial charge in [0.25, 0.3) is 0 Å². The molecule has 0 aliphatic heterocycles. The average Bonchev–Trinajstić information content (AvgIpc) is 2.33. The molecule has 0 spiro atoms. The zero-order valence-electron chi connectivity index (χ0n) is 8.35. The number of aromatic nitrogens is 1. The van der Waals surface area contributed by atoms with Gasteiger partial charge in [0.2, 0.25) is 0 Å². The van der Waals surface area contributed by atoms with Gasteiger partial charge in [-0.25, -0.2) is 4.98 Å². The maximum atomic E-state index is 10.4. The molecule has 0 atom stereocenters. The van der Waals surface area contributed by atoms with Gasteiger partial charge < -0.3 is 5.32 Å². The summed E-state index contributed by atoms with van der Waals surface area (Å²) in [6, 6.07) is 10.8. The lowest BCUT2D eigenvalue weighted by Gasteiger charge is -2.05. The normalized spacial score (nSPS) is 9.81.